The van der Waals surface area contributed by atoms with Crippen molar-refractivity contribution in [2.45, 2.75) is 65.7 Å². The Kier molecular flexibility index (Phi) is 5.09. The van der Waals surface area contributed by atoms with E-state index in [1.54, 1.807) is 6.20 Å². The normalized spacial score (nSPS) is 28.3. The minimum absolute atomic E-state index is 0.121. The highest BCUT2D eigenvalue weighted by molar-refractivity contribution is 5.53. The summed E-state index contributed by atoms with van der Waals surface area (Å²) in [6.07, 6.45) is 4.36. The SMILES string of the molecule is CCOC1CC(Nc2cccnc2OC(C)C)C1(C)CC. The molecule has 3 unspecified atom stereocenters. The Morgan fingerprint density at radius 2 is 2.19 bits per heavy atom. The molecular weight excluding hydrogens is 264 g/mol. The van der Waals surface area contributed by atoms with Gasteiger partial charge in [-0.2, -0.15) is 0 Å². The summed E-state index contributed by atoms with van der Waals surface area (Å²) in [5, 5.41) is 3.61. The predicted octanol–water partition coefficient (Wildman–Crippen LogP) is 3.87. The fourth-order valence-electron chi connectivity index (χ4n) is 2.98. The van der Waals surface area contributed by atoms with Crippen LogP contribution in [0.4, 0.5) is 5.69 Å². The lowest BCUT2D eigenvalue weighted by Gasteiger charge is -2.53. The molecule has 0 saturated heterocycles. The summed E-state index contributed by atoms with van der Waals surface area (Å²) in [7, 11) is 0. The van der Waals surface area contributed by atoms with Crippen LogP contribution in [0.15, 0.2) is 18.3 Å². The summed E-state index contributed by atoms with van der Waals surface area (Å²) in [6, 6.07) is 4.38. The Hall–Kier alpha value is -1.29. The second-order valence-electron chi connectivity index (χ2n) is 6.26. The van der Waals surface area contributed by atoms with E-state index in [1.165, 1.54) is 0 Å². The van der Waals surface area contributed by atoms with Gasteiger partial charge >= 0.3 is 0 Å². The van der Waals surface area contributed by atoms with E-state index < -0.39 is 0 Å². The van der Waals surface area contributed by atoms with Crippen molar-refractivity contribution in [3.05, 3.63) is 18.3 Å². The maximum Gasteiger partial charge on any atom is 0.237 e. The second kappa shape index (κ2) is 6.65. The van der Waals surface area contributed by atoms with Gasteiger partial charge in [0, 0.05) is 24.3 Å². The van der Waals surface area contributed by atoms with E-state index in [9.17, 15) is 0 Å². The van der Waals surface area contributed by atoms with E-state index in [-0.39, 0.29) is 11.5 Å². The van der Waals surface area contributed by atoms with Crippen LogP contribution in [0.25, 0.3) is 0 Å². The Morgan fingerprint density at radius 1 is 1.43 bits per heavy atom. The summed E-state index contributed by atoms with van der Waals surface area (Å²) < 4.78 is 11.6. The molecule has 4 heteroatoms. The molecule has 4 nitrogen and oxygen atoms in total. The van der Waals surface area contributed by atoms with Crippen LogP contribution < -0.4 is 10.1 Å². The van der Waals surface area contributed by atoms with Crippen molar-refractivity contribution in [2.24, 2.45) is 5.41 Å². The maximum absolute atomic E-state index is 5.86. The minimum atomic E-state index is 0.121. The minimum Gasteiger partial charge on any atom is -0.473 e. The van der Waals surface area contributed by atoms with E-state index in [0.29, 0.717) is 18.0 Å². The van der Waals surface area contributed by atoms with Crippen molar-refractivity contribution < 1.29 is 9.47 Å². The average molecular weight is 292 g/mol. The summed E-state index contributed by atoms with van der Waals surface area (Å²) in [5.74, 6) is 0.686. The van der Waals surface area contributed by atoms with Crippen molar-refractivity contribution >= 4 is 5.69 Å². The van der Waals surface area contributed by atoms with E-state index in [2.05, 4.69) is 31.1 Å². The highest BCUT2D eigenvalue weighted by Gasteiger charge is 2.51. The number of aromatic nitrogens is 1. The lowest BCUT2D eigenvalue weighted by molar-refractivity contribution is -0.109. The number of hydrogen-bond donors (Lipinski definition) is 1. The Balaban J connectivity index is 2.09. The van der Waals surface area contributed by atoms with E-state index in [1.807, 2.05) is 26.0 Å². The molecule has 0 aromatic carbocycles. The third-order valence-electron chi connectivity index (χ3n) is 4.56. The average Bonchev–Trinajstić information content (AvgIpc) is 2.46. The van der Waals surface area contributed by atoms with Gasteiger partial charge in [0.1, 0.15) is 0 Å². The molecular formula is C17H28N2O2. The first-order valence-corrected chi connectivity index (χ1v) is 8.01. The molecule has 1 fully saturated rings. The first kappa shape index (κ1) is 16.1. The van der Waals surface area contributed by atoms with Crippen LogP contribution >= 0.6 is 0 Å². The topological polar surface area (TPSA) is 43.4 Å². The van der Waals surface area contributed by atoms with Gasteiger partial charge in [0.2, 0.25) is 5.88 Å². The monoisotopic (exact) mass is 292 g/mol. The third kappa shape index (κ3) is 3.31. The fraction of sp³-hybridized carbons (Fsp3) is 0.706. The van der Waals surface area contributed by atoms with Crippen LogP contribution in [0.3, 0.4) is 0 Å². The van der Waals surface area contributed by atoms with Crippen LogP contribution in [0.5, 0.6) is 5.88 Å². The summed E-state index contributed by atoms with van der Waals surface area (Å²) in [6.45, 7) is 11.4. The van der Waals surface area contributed by atoms with Gasteiger partial charge in [0.05, 0.1) is 17.9 Å². The Labute approximate surface area is 128 Å². The van der Waals surface area contributed by atoms with Gasteiger partial charge in [-0.3, -0.25) is 0 Å². The lowest BCUT2D eigenvalue weighted by Crippen LogP contribution is -2.59. The molecule has 1 heterocycles. The second-order valence-corrected chi connectivity index (χ2v) is 6.26. The molecule has 1 aliphatic carbocycles. The van der Waals surface area contributed by atoms with Gasteiger partial charge in [-0.1, -0.05) is 13.8 Å². The number of nitrogens with one attached hydrogen (secondary N) is 1. The first-order chi connectivity index (χ1) is 10.0. The van der Waals surface area contributed by atoms with E-state index >= 15 is 0 Å². The Morgan fingerprint density at radius 3 is 2.81 bits per heavy atom. The van der Waals surface area contributed by atoms with Crippen molar-refractivity contribution in [1.29, 1.82) is 0 Å². The number of rotatable bonds is 7. The van der Waals surface area contributed by atoms with Gasteiger partial charge in [-0.25, -0.2) is 4.98 Å². The molecule has 3 atom stereocenters. The van der Waals surface area contributed by atoms with Crippen LogP contribution in [0, 0.1) is 5.41 Å². The molecule has 1 saturated carbocycles. The largest absolute Gasteiger partial charge is 0.473 e. The van der Waals surface area contributed by atoms with Gasteiger partial charge in [0.15, 0.2) is 0 Å². The molecule has 1 aromatic heterocycles. The fourth-order valence-corrected chi connectivity index (χ4v) is 2.98. The van der Waals surface area contributed by atoms with E-state index in [4.69, 9.17) is 9.47 Å². The molecule has 0 amide bonds. The van der Waals surface area contributed by atoms with Crippen molar-refractivity contribution in [3.8, 4) is 5.88 Å². The molecule has 1 aliphatic rings. The zero-order chi connectivity index (χ0) is 15.5. The quantitative estimate of drug-likeness (QED) is 0.828. The van der Waals surface area contributed by atoms with Gasteiger partial charge in [-0.05, 0) is 45.7 Å². The number of anilines is 1. The van der Waals surface area contributed by atoms with Crippen LogP contribution in [-0.2, 0) is 4.74 Å². The van der Waals surface area contributed by atoms with Crippen LogP contribution in [0.1, 0.15) is 47.5 Å². The number of ether oxygens (including phenoxy) is 2. The number of nitrogens with zero attached hydrogens (tertiary/aromatic N) is 1. The third-order valence-corrected chi connectivity index (χ3v) is 4.56. The summed E-state index contributed by atoms with van der Waals surface area (Å²) in [4.78, 5) is 4.34. The lowest BCUT2D eigenvalue weighted by atomic mass is 9.61. The summed E-state index contributed by atoms with van der Waals surface area (Å²) >= 11 is 0. The van der Waals surface area contributed by atoms with Gasteiger partial charge in [0.25, 0.3) is 0 Å². The highest BCUT2D eigenvalue weighted by atomic mass is 16.5. The van der Waals surface area contributed by atoms with Gasteiger partial charge in [-0.15, -0.1) is 0 Å². The Bertz CT molecular complexity index is 464. The van der Waals surface area contributed by atoms with Crippen LogP contribution in [0.2, 0.25) is 0 Å². The number of hydrogen-bond acceptors (Lipinski definition) is 4. The summed E-state index contributed by atoms with van der Waals surface area (Å²) in [5.41, 5.74) is 1.15. The number of pyridine rings is 1. The van der Waals surface area contributed by atoms with Crippen molar-refractivity contribution in [2.75, 3.05) is 11.9 Å². The van der Waals surface area contributed by atoms with Crippen molar-refractivity contribution in [3.63, 3.8) is 0 Å². The molecule has 2 rings (SSSR count). The molecule has 0 bridgehead atoms. The van der Waals surface area contributed by atoms with Crippen molar-refractivity contribution in [1.82, 2.24) is 4.98 Å². The first-order valence-electron chi connectivity index (χ1n) is 8.01. The zero-order valence-corrected chi connectivity index (χ0v) is 13.8. The van der Waals surface area contributed by atoms with Gasteiger partial charge < -0.3 is 14.8 Å². The van der Waals surface area contributed by atoms with Crippen LogP contribution in [-0.4, -0.2) is 29.8 Å². The maximum atomic E-state index is 5.86. The van der Waals surface area contributed by atoms with E-state index in [0.717, 1.165) is 25.1 Å². The molecule has 0 spiro atoms. The molecule has 1 N–H and O–H groups in total. The highest BCUT2D eigenvalue weighted by Crippen LogP contribution is 2.47. The standard InChI is InChI=1S/C17H28N2O2/c1-6-17(5)14(11-15(17)20-7-2)19-13-9-8-10-18-16(13)21-12(3)4/h8-10,12,14-15,19H,6-7,11H2,1-5H3. The zero-order valence-electron chi connectivity index (χ0n) is 13.8. The molecule has 118 valence electrons. The smallest absolute Gasteiger partial charge is 0.237 e. The molecule has 0 radical (unpaired) electrons. The molecule has 0 aliphatic heterocycles. The predicted molar refractivity (Wildman–Crippen MR) is 85.8 cm³/mol. The molecule has 21 heavy (non-hydrogen) atoms. The molecule has 1 aromatic rings.